The number of nitrogens with one attached hydrogen (secondary N) is 2. The molecular weight excluding hydrogens is 363 g/mol. The second kappa shape index (κ2) is 6.49. The molecule has 0 bridgehead atoms. The van der Waals surface area contributed by atoms with E-state index in [9.17, 15) is 19.1 Å². The number of amides is 1. The standard InChI is InChI=1S/C20H17FN4O3/c1-3-25-9-13(20(28)22-2)18(27)12-8-14(21)15-16(17(12)25)24-19(23-15)10-4-6-11(26)7-5-10/h4-9,26H,3H2,1-2H3,(H,22,28)(H,23,24). The summed E-state index contributed by atoms with van der Waals surface area (Å²) in [6.07, 6.45) is 1.47. The van der Waals surface area contributed by atoms with Gasteiger partial charge in [-0.2, -0.15) is 0 Å². The van der Waals surface area contributed by atoms with Crippen molar-refractivity contribution in [1.29, 1.82) is 0 Å². The number of benzene rings is 2. The van der Waals surface area contributed by atoms with Crippen molar-refractivity contribution in [3.8, 4) is 17.1 Å². The molecule has 0 spiro atoms. The zero-order chi connectivity index (χ0) is 20.0. The highest BCUT2D eigenvalue weighted by Gasteiger charge is 2.20. The molecule has 0 atom stereocenters. The maximum absolute atomic E-state index is 14.8. The molecule has 4 rings (SSSR count). The minimum atomic E-state index is -0.655. The van der Waals surface area contributed by atoms with Crippen molar-refractivity contribution in [2.24, 2.45) is 0 Å². The molecule has 3 N–H and O–H groups in total. The van der Waals surface area contributed by atoms with Crippen molar-refractivity contribution >= 4 is 27.8 Å². The first-order valence-corrected chi connectivity index (χ1v) is 8.71. The number of fused-ring (bicyclic) bond motifs is 3. The van der Waals surface area contributed by atoms with Crippen LogP contribution in [0.1, 0.15) is 17.3 Å². The van der Waals surface area contributed by atoms with Crippen LogP contribution < -0.4 is 10.7 Å². The van der Waals surface area contributed by atoms with Gasteiger partial charge in [-0.05, 0) is 37.3 Å². The molecule has 1 amide bonds. The molecule has 0 aliphatic carbocycles. The van der Waals surface area contributed by atoms with Crippen LogP contribution in [0.25, 0.3) is 33.3 Å². The number of aryl methyl sites for hydroxylation is 1. The van der Waals surface area contributed by atoms with Crippen molar-refractivity contribution < 1.29 is 14.3 Å². The summed E-state index contributed by atoms with van der Waals surface area (Å²) in [6, 6.07) is 7.46. The number of aromatic amines is 1. The monoisotopic (exact) mass is 380 g/mol. The summed E-state index contributed by atoms with van der Waals surface area (Å²) in [7, 11) is 1.44. The number of hydrogen-bond acceptors (Lipinski definition) is 4. The molecule has 0 unspecified atom stereocenters. The quantitative estimate of drug-likeness (QED) is 0.509. The Labute approximate surface area is 158 Å². The van der Waals surface area contributed by atoms with Crippen LogP contribution in [0.4, 0.5) is 4.39 Å². The Morgan fingerprint density at radius 1 is 1.32 bits per heavy atom. The van der Waals surface area contributed by atoms with Crippen LogP contribution in [0, 0.1) is 5.82 Å². The fourth-order valence-electron chi connectivity index (χ4n) is 3.31. The van der Waals surface area contributed by atoms with Gasteiger partial charge in [-0.25, -0.2) is 9.37 Å². The summed E-state index contributed by atoms with van der Waals surface area (Å²) in [5.41, 5.74) is 1.03. The fourth-order valence-corrected chi connectivity index (χ4v) is 3.31. The van der Waals surface area contributed by atoms with Crippen LogP contribution in [-0.4, -0.2) is 32.6 Å². The number of phenols is 1. The molecule has 0 saturated heterocycles. The van der Waals surface area contributed by atoms with Crippen LogP contribution in [0.2, 0.25) is 0 Å². The minimum Gasteiger partial charge on any atom is -0.508 e. The smallest absolute Gasteiger partial charge is 0.256 e. The van der Waals surface area contributed by atoms with Gasteiger partial charge in [0.05, 0.1) is 16.4 Å². The van der Waals surface area contributed by atoms with E-state index in [4.69, 9.17) is 0 Å². The number of hydrogen-bond donors (Lipinski definition) is 3. The Kier molecular flexibility index (Phi) is 4.11. The third-order valence-corrected chi connectivity index (χ3v) is 4.71. The van der Waals surface area contributed by atoms with Crippen molar-refractivity contribution in [3.05, 3.63) is 58.1 Å². The Morgan fingerprint density at radius 2 is 2.04 bits per heavy atom. The third kappa shape index (κ3) is 2.61. The molecule has 0 radical (unpaired) electrons. The predicted molar refractivity (Wildman–Crippen MR) is 104 cm³/mol. The number of rotatable bonds is 3. The summed E-state index contributed by atoms with van der Waals surface area (Å²) >= 11 is 0. The largest absolute Gasteiger partial charge is 0.508 e. The Morgan fingerprint density at radius 3 is 2.68 bits per heavy atom. The highest BCUT2D eigenvalue weighted by atomic mass is 19.1. The number of imidazole rings is 1. The number of phenolic OH excluding ortho intramolecular Hbond substituents is 1. The SMILES string of the molecule is CCn1cc(C(=O)NC)c(=O)c2cc(F)c3nc(-c4ccc(O)cc4)[nH]c3c21. The number of carbonyl (C=O) groups excluding carboxylic acids is 1. The van der Waals surface area contributed by atoms with Gasteiger partial charge in [0.15, 0.2) is 5.82 Å². The molecule has 2 heterocycles. The van der Waals surface area contributed by atoms with Crippen molar-refractivity contribution in [2.75, 3.05) is 7.05 Å². The van der Waals surface area contributed by atoms with Crippen LogP contribution in [0.3, 0.4) is 0 Å². The average molecular weight is 380 g/mol. The maximum atomic E-state index is 14.8. The Bertz CT molecular complexity index is 1290. The van der Waals surface area contributed by atoms with Gasteiger partial charge in [0.25, 0.3) is 5.91 Å². The molecule has 0 aliphatic rings. The molecule has 7 nitrogen and oxygen atoms in total. The van der Waals surface area contributed by atoms with E-state index in [1.807, 2.05) is 6.92 Å². The second-order valence-corrected chi connectivity index (χ2v) is 6.35. The fraction of sp³-hybridized carbons (Fsp3) is 0.150. The highest BCUT2D eigenvalue weighted by Crippen LogP contribution is 2.29. The van der Waals surface area contributed by atoms with Gasteiger partial charge < -0.3 is 20.0 Å². The molecule has 0 fully saturated rings. The van der Waals surface area contributed by atoms with Gasteiger partial charge in [0.2, 0.25) is 5.43 Å². The van der Waals surface area contributed by atoms with Crippen LogP contribution in [0.15, 0.2) is 41.3 Å². The molecule has 142 valence electrons. The lowest BCUT2D eigenvalue weighted by Crippen LogP contribution is -2.27. The van der Waals surface area contributed by atoms with Gasteiger partial charge in [-0.15, -0.1) is 0 Å². The van der Waals surface area contributed by atoms with Crippen molar-refractivity contribution in [1.82, 2.24) is 19.9 Å². The van der Waals surface area contributed by atoms with Crippen molar-refractivity contribution in [3.63, 3.8) is 0 Å². The van der Waals surface area contributed by atoms with Gasteiger partial charge in [-0.3, -0.25) is 9.59 Å². The second-order valence-electron chi connectivity index (χ2n) is 6.35. The Hall–Kier alpha value is -3.68. The molecular formula is C20H17FN4O3. The topological polar surface area (TPSA) is 100 Å². The average Bonchev–Trinajstić information content (AvgIpc) is 3.15. The molecule has 0 aliphatic heterocycles. The van der Waals surface area contributed by atoms with E-state index in [2.05, 4.69) is 15.3 Å². The summed E-state index contributed by atoms with van der Waals surface area (Å²) in [4.78, 5) is 32.3. The maximum Gasteiger partial charge on any atom is 0.256 e. The molecule has 0 saturated carbocycles. The molecule has 4 aromatic rings. The predicted octanol–water partition coefficient (Wildman–Crippen LogP) is 2.77. The molecule has 28 heavy (non-hydrogen) atoms. The number of pyridine rings is 1. The minimum absolute atomic E-state index is 0.0473. The normalized spacial score (nSPS) is 11.2. The molecule has 8 heteroatoms. The number of aromatic hydroxyl groups is 1. The van der Waals surface area contributed by atoms with E-state index >= 15 is 0 Å². The lowest BCUT2D eigenvalue weighted by molar-refractivity contribution is 0.0961. The lowest BCUT2D eigenvalue weighted by Gasteiger charge is -2.12. The van der Waals surface area contributed by atoms with Crippen molar-refractivity contribution in [2.45, 2.75) is 13.5 Å². The molecule has 2 aromatic heterocycles. The first-order valence-electron chi connectivity index (χ1n) is 8.71. The summed E-state index contributed by atoms with van der Waals surface area (Å²) < 4.78 is 16.5. The number of carbonyl (C=O) groups is 1. The van der Waals surface area contributed by atoms with Gasteiger partial charge in [-0.1, -0.05) is 0 Å². The van der Waals surface area contributed by atoms with Gasteiger partial charge in [0.1, 0.15) is 22.7 Å². The van der Waals surface area contributed by atoms with E-state index in [1.165, 1.54) is 25.4 Å². The number of nitrogens with zero attached hydrogens (tertiary/aromatic N) is 2. The van der Waals surface area contributed by atoms with Gasteiger partial charge in [0, 0.05) is 25.4 Å². The zero-order valence-electron chi connectivity index (χ0n) is 15.2. The Balaban J connectivity index is 2.09. The number of aromatic nitrogens is 3. The highest BCUT2D eigenvalue weighted by molar-refractivity contribution is 6.06. The van der Waals surface area contributed by atoms with Crippen LogP contribution in [-0.2, 0) is 6.54 Å². The van der Waals surface area contributed by atoms with E-state index in [0.717, 1.165) is 6.07 Å². The van der Waals surface area contributed by atoms with E-state index in [1.54, 1.807) is 16.7 Å². The third-order valence-electron chi connectivity index (χ3n) is 4.71. The van der Waals surface area contributed by atoms with Crippen LogP contribution in [0.5, 0.6) is 5.75 Å². The van der Waals surface area contributed by atoms with E-state index in [-0.39, 0.29) is 22.2 Å². The summed E-state index contributed by atoms with van der Waals surface area (Å²) in [5.74, 6) is -0.661. The summed E-state index contributed by atoms with van der Waals surface area (Å²) in [5, 5.41) is 12.0. The number of H-pyrrole nitrogens is 1. The number of halogens is 1. The lowest BCUT2D eigenvalue weighted by atomic mass is 10.1. The van der Waals surface area contributed by atoms with E-state index in [0.29, 0.717) is 29.0 Å². The first kappa shape index (κ1) is 17.7. The zero-order valence-corrected chi connectivity index (χ0v) is 15.2. The summed E-state index contributed by atoms with van der Waals surface area (Å²) in [6.45, 7) is 2.33. The van der Waals surface area contributed by atoms with Crippen LogP contribution >= 0.6 is 0 Å². The first-order chi connectivity index (χ1) is 13.4. The molecule has 2 aromatic carbocycles. The van der Waals surface area contributed by atoms with Gasteiger partial charge >= 0.3 is 0 Å². The van der Waals surface area contributed by atoms with E-state index < -0.39 is 17.2 Å².